The van der Waals surface area contributed by atoms with Crippen molar-refractivity contribution >= 4 is 40.2 Å². The molecule has 2 N–H and O–H groups in total. The smallest absolute Gasteiger partial charge is 0.323 e. The van der Waals surface area contributed by atoms with Crippen molar-refractivity contribution in [3.63, 3.8) is 0 Å². The second-order valence-corrected chi connectivity index (χ2v) is 12.4. The number of nitrogens with one attached hydrogen (secondary N) is 1. The molecule has 34 heavy (non-hydrogen) atoms. The Kier molecular flexibility index (Phi) is 8.87. The molecule has 186 valence electrons. The number of carboxylic acid groups (broad SMARTS) is 1. The lowest BCUT2D eigenvalue weighted by Gasteiger charge is -2.36. The molecule has 9 heteroatoms. The van der Waals surface area contributed by atoms with Crippen molar-refractivity contribution in [3.8, 4) is 5.75 Å². The van der Waals surface area contributed by atoms with E-state index in [1.165, 1.54) is 28.7 Å². The van der Waals surface area contributed by atoms with Crippen molar-refractivity contribution in [2.24, 2.45) is 5.92 Å². The van der Waals surface area contributed by atoms with Gasteiger partial charge >= 0.3 is 12.0 Å². The standard InChI is InChI=1S/C25H35N3O4S2/c1-16-6-9-19(10-7-16)28(13-12-18-8-11-20(32-5)17(2)14-18)24(31)27-23-26-15-21(33-23)34-25(3,4)22(29)30/h8,11,14-16,19H,6-7,9-10,12-13H2,1-5H3,(H,29,30)(H,26,27,31)/t16-,19-. The summed E-state index contributed by atoms with van der Waals surface area (Å²) in [5.74, 6) is 0.674. The Morgan fingerprint density at radius 2 is 2.00 bits per heavy atom. The molecule has 0 spiro atoms. The van der Waals surface area contributed by atoms with Crippen LogP contribution in [0.3, 0.4) is 0 Å². The van der Waals surface area contributed by atoms with Gasteiger partial charge in [-0.1, -0.05) is 42.2 Å². The molecular formula is C25H35N3O4S2. The number of hydrogen-bond acceptors (Lipinski definition) is 6. The number of anilines is 1. The number of aliphatic carboxylic acids is 1. The number of thiazole rings is 1. The average Bonchev–Trinajstić information content (AvgIpc) is 3.21. The van der Waals surface area contributed by atoms with Gasteiger partial charge in [-0.3, -0.25) is 10.1 Å². The molecule has 0 radical (unpaired) electrons. The number of aryl methyl sites for hydroxylation is 1. The maximum atomic E-state index is 13.3. The highest BCUT2D eigenvalue weighted by Crippen LogP contribution is 2.37. The van der Waals surface area contributed by atoms with Crippen LogP contribution in [-0.2, 0) is 11.2 Å². The van der Waals surface area contributed by atoms with Crippen LogP contribution in [-0.4, -0.2) is 51.4 Å². The number of thioether (sulfide) groups is 1. The van der Waals surface area contributed by atoms with Gasteiger partial charge in [0.05, 0.1) is 17.5 Å². The largest absolute Gasteiger partial charge is 0.496 e. The van der Waals surface area contributed by atoms with Gasteiger partial charge in [-0.15, -0.1) is 0 Å². The van der Waals surface area contributed by atoms with E-state index in [2.05, 4.69) is 29.4 Å². The van der Waals surface area contributed by atoms with Gasteiger partial charge < -0.3 is 14.7 Å². The molecule has 1 aromatic carbocycles. The van der Waals surface area contributed by atoms with Crippen LogP contribution in [0.4, 0.5) is 9.93 Å². The van der Waals surface area contributed by atoms with E-state index in [0.717, 1.165) is 47.6 Å². The van der Waals surface area contributed by atoms with E-state index >= 15 is 0 Å². The summed E-state index contributed by atoms with van der Waals surface area (Å²) in [4.78, 5) is 31.0. The van der Waals surface area contributed by atoms with Gasteiger partial charge in [0.15, 0.2) is 5.13 Å². The van der Waals surface area contributed by atoms with Gasteiger partial charge in [-0.05, 0) is 76.0 Å². The SMILES string of the molecule is COc1ccc(CCN(C(=O)Nc2ncc(SC(C)(C)C(=O)O)s2)[C@H]2CC[C@H](C)CC2)cc1C. The van der Waals surface area contributed by atoms with Crippen LogP contribution >= 0.6 is 23.1 Å². The average molecular weight is 506 g/mol. The van der Waals surface area contributed by atoms with Crippen LogP contribution in [0.25, 0.3) is 0 Å². The molecule has 0 saturated heterocycles. The minimum absolute atomic E-state index is 0.145. The Morgan fingerprint density at radius 1 is 1.29 bits per heavy atom. The Morgan fingerprint density at radius 3 is 2.62 bits per heavy atom. The monoisotopic (exact) mass is 505 g/mol. The minimum Gasteiger partial charge on any atom is -0.496 e. The number of hydrogen-bond donors (Lipinski definition) is 2. The van der Waals surface area contributed by atoms with Gasteiger partial charge in [-0.25, -0.2) is 9.78 Å². The van der Waals surface area contributed by atoms with E-state index in [1.54, 1.807) is 27.2 Å². The summed E-state index contributed by atoms with van der Waals surface area (Å²) < 4.78 is 5.16. The highest BCUT2D eigenvalue weighted by molar-refractivity contribution is 8.03. The Bertz CT molecular complexity index is 1000. The lowest BCUT2D eigenvalue weighted by atomic mass is 9.86. The fourth-order valence-corrected chi connectivity index (χ4v) is 6.44. The molecule has 7 nitrogen and oxygen atoms in total. The molecule has 1 aliphatic rings. The first kappa shape index (κ1) is 26.3. The molecule has 3 rings (SSSR count). The third-order valence-electron chi connectivity index (χ3n) is 6.36. The summed E-state index contributed by atoms with van der Waals surface area (Å²) in [6, 6.07) is 6.21. The maximum absolute atomic E-state index is 13.3. The predicted molar refractivity (Wildman–Crippen MR) is 138 cm³/mol. The quantitative estimate of drug-likeness (QED) is 0.402. The molecular weight excluding hydrogens is 470 g/mol. The fraction of sp³-hybridized carbons (Fsp3) is 0.560. The molecule has 0 aliphatic heterocycles. The van der Waals surface area contributed by atoms with Gasteiger partial charge in [0.25, 0.3) is 0 Å². The molecule has 1 fully saturated rings. The first-order valence-corrected chi connectivity index (χ1v) is 13.3. The Hall–Kier alpha value is -2.26. The van der Waals surface area contributed by atoms with Crippen molar-refractivity contribution in [1.29, 1.82) is 0 Å². The van der Waals surface area contributed by atoms with Crippen LogP contribution in [0.15, 0.2) is 28.6 Å². The molecule has 0 atom stereocenters. The van der Waals surface area contributed by atoms with Crippen LogP contribution in [0.5, 0.6) is 5.75 Å². The second kappa shape index (κ2) is 11.4. The van der Waals surface area contributed by atoms with Gasteiger partial charge in [0, 0.05) is 12.6 Å². The number of methoxy groups -OCH3 is 1. The number of carboxylic acids is 1. The summed E-state index contributed by atoms with van der Waals surface area (Å²) >= 11 is 2.54. The minimum atomic E-state index is -0.963. The number of rotatable bonds is 9. The number of ether oxygens (including phenoxy) is 1. The molecule has 1 saturated carbocycles. The van der Waals surface area contributed by atoms with E-state index in [-0.39, 0.29) is 12.1 Å². The lowest BCUT2D eigenvalue weighted by molar-refractivity contribution is -0.138. The third kappa shape index (κ3) is 6.88. The fourth-order valence-electron chi connectivity index (χ4n) is 4.17. The number of aromatic nitrogens is 1. The normalized spacial score (nSPS) is 18.4. The van der Waals surface area contributed by atoms with Gasteiger partial charge in [-0.2, -0.15) is 0 Å². The summed E-state index contributed by atoms with van der Waals surface area (Å²) in [5, 5.41) is 12.8. The summed E-state index contributed by atoms with van der Waals surface area (Å²) in [6.07, 6.45) is 6.64. The third-order valence-corrected chi connectivity index (χ3v) is 8.56. The molecule has 0 unspecified atom stereocenters. The summed E-state index contributed by atoms with van der Waals surface area (Å²) in [5.41, 5.74) is 2.25. The number of benzene rings is 1. The van der Waals surface area contributed by atoms with E-state index in [0.29, 0.717) is 17.6 Å². The van der Waals surface area contributed by atoms with Gasteiger partial charge in [0.2, 0.25) is 0 Å². The highest BCUT2D eigenvalue weighted by Gasteiger charge is 2.30. The maximum Gasteiger partial charge on any atom is 0.323 e. The second-order valence-electron chi connectivity index (χ2n) is 9.49. The molecule has 2 amide bonds. The van der Waals surface area contributed by atoms with E-state index < -0.39 is 10.7 Å². The number of urea groups is 1. The van der Waals surface area contributed by atoms with E-state index in [4.69, 9.17) is 4.74 Å². The van der Waals surface area contributed by atoms with Crippen molar-refractivity contribution < 1.29 is 19.4 Å². The zero-order chi connectivity index (χ0) is 24.9. The van der Waals surface area contributed by atoms with Gasteiger partial charge in [0.1, 0.15) is 10.5 Å². The van der Waals surface area contributed by atoms with E-state index in [1.807, 2.05) is 17.9 Å². The summed E-state index contributed by atoms with van der Waals surface area (Å²) in [7, 11) is 1.67. The zero-order valence-corrected chi connectivity index (χ0v) is 22.2. The molecule has 0 bridgehead atoms. The van der Waals surface area contributed by atoms with Crippen molar-refractivity contribution in [2.75, 3.05) is 19.0 Å². The number of carbonyl (C=O) groups is 2. The zero-order valence-electron chi connectivity index (χ0n) is 20.6. The number of amides is 2. The number of nitrogens with zero attached hydrogens (tertiary/aromatic N) is 2. The Labute approximate surface area is 210 Å². The van der Waals surface area contributed by atoms with Crippen LogP contribution < -0.4 is 10.1 Å². The lowest BCUT2D eigenvalue weighted by Crippen LogP contribution is -2.45. The van der Waals surface area contributed by atoms with Crippen LogP contribution in [0.1, 0.15) is 57.6 Å². The van der Waals surface area contributed by atoms with Crippen molar-refractivity contribution in [3.05, 3.63) is 35.5 Å². The molecule has 1 aromatic heterocycles. The molecule has 1 heterocycles. The molecule has 2 aromatic rings. The topological polar surface area (TPSA) is 91.8 Å². The van der Waals surface area contributed by atoms with E-state index in [9.17, 15) is 14.7 Å². The first-order valence-electron chi connectivity index (χ1n) is 11.7. The summed E-state index contributed by atoms with van der Waals surface area (Å²) in [6.45, 7) is 8.23. The first-order chi connectivity index (χ1) is 16.1. The van der Waals surface area contributed by atoms with Crippen LogP contribution in [0.2, 0.25) is 0 Å². The highest BCUT2D eigenvalue weighted by atomic mass is 32.2. The van der Waals surface area contributed by atoms with Crippen LogP contribution in [0, 0.1) is 12.8 Å². The molecule has 1 aliphatic carbocycles. The number of carbonyl (C=O) groups excluding carboxylic acids is 1. The van der Waals surface area contributed by atoms with Crippen molar-refractivity contribution in [1.82, 2.24) is 9.88 Å². The predicted octanol–water partition coefficient (Wildman–Crippen LogP) is 6.07. The Balaban J connectivity index is 1.70. The van der Waals surface area contributed by atoms with Crippen molar-refractivity contribution in [2.45, 2.75) is 74.8 Å².